The van der Waals surface area contributed by atoms with Crippen molar-refractivity contribution < 1.29 is 19.2 Å². The quantitative estimate of drug-likeness (QED) is 0.582. The second-order valence-corrected chi connectivity index (χ2v) is 11.4. The summed E-state index contributed by atoms with van der Waals surface area (Å²) < 4.78 is 0. The van der Waals surface area contributed by atoms with Gasteiger partial charge in [0.05, 0.1) is 17.4 Å². The second kappa shape index (κ2) is 10.9. The van der Waals surface area contributed by atoms with E-state index < -0.39 is 10.8 Å². The molecule has 0 saturated carbocycles. The molecule has 200 valence electrons. The van der Waals surface area contributed by atoms with Crippen LogP contribution in [0.4, 0.5) is 5.69 Å². The summed E-state index contributed by atoms with van der Waals surface area (Å²) in [5.41, 5.74) is 7.03. The molecule has 2 N–H and O–H groups in total. The van der Waals surface area contributed by atoms with Gasteiger partial charge >= 0.3 is 5.97 Å². The van der Waals surface area contributed by atoms with Gasteiger partial charge in [-0.25, -0.2) is 4.79 Å². The molecular weight excluding hydrogens is 456 g/mol. The zero-order valence-electron chi connectivity index (χ0n) is 23.1. The Morgan fingerprint density at radius 3 is 2.44 bits per heavy atom. The first-order chi connectivity index (χ1) is 16.9. The van der Waals surface area contributed by atoms with Gasteiger partial charge in [-0.1, -0.05) is 19.9 Å². The molecule has 0 spiro atoms. The van der Waals surface area contributed by atoms with Crippen molar-refractivity contribution in [2.75, 3.05) is 31.1 Å². The predicted octanol–water partition coefficient (Wildman–Crippen LogP) is 3.87. The van der Waals surface area contributed by atoms with Crippen molar-refractivity contribution in [3.63, 3.8) is 0 Å². The Morgan fingerprint density at radius 2 is 1.89 bits per heavy atom. The average Bonchev–Trinajstić information content (AvgIpc) is 3.06. The number of piperidine rings is 1. The summed E-state index contributed by atoms with van der Waals surface area (Å²) in [5, 5.41) is 1.70. The van der Waals surface area contributed by atoms with E-state index in [1.807, 2.05) is 71.6 Å². The molecular formula is C28H44N4O4. The number of nitrogens with two attached hydrogens (primary N) is 1. The van der Waals surface area contributed by atoms with Gasteiger partial charge in [-0.3, -0.25) is 9.59 Å². The van der Waals surface area contributed by atoms with Crippen LogP contribution in [0.5, 0.6) is 0 Å². The van der Waals surface area contributed by atoms with Crippen molar-refractivity contribution >= 4 is 23.5 Å². The Morgan fingerprint density at radius 1 is 1.22 bits per heavy atom. The van der Waals surface area contributed by atoms with Crippen molar-refractivity contribution in [3.05, 3.63) is 29.3 Å². The zero-order chi connectivity index (χ0) is 26.8. The molecule has 2 heterocycles. The monoisotopic (exact) mass is 500 g/mol. The van der Waals surface area contributed by atoms with Crippen molar-refractivity contribution in [2.45, 2.75) is 91.6 Å². The first-order valence-electron chi connectivity index (χ1n) is 13.4. The maximum Gasteiger partial charge on any atom is 0.330 e. The molecule has 2 aliphatic heterocycles. The van der Waals surface area contributed by atoms with E-state index in [4.69, 9.17) is 10.6 Å². The van der Waals surface area contributed by atoms with Gasteiger partial charge in [0, 0.05) is 43.0 Å². The Balaban J connectivity index is 1.90. The second-order valence-electron chi connectivity index (χ2n) is 11.4. The van der Waals surface area contributed by atoms with Gasteiger partial charge in [0.25, 0.3) is 5.91 Å². The summed E-state index contributed by atoms with van der Waals surface area (Å²) in [5.74, 6) is -0.279. The summed E-state index contributed by atoms with van der Waals surface area (Å²) in [6, 6.07) is 5.56. The minimum Gasteiger partial charge on any atom is -0.367 e. The fourth-order valence-corrected chi connectivity index (χ4v) is 5.52. The smallest absolute Gasteiger partial charge is 0.330 e. The Bertz CT molecular complexity index is 980. The summed E-state index contributed by atoms with van der Waals surface area (Å²) in [4.78, 5) is 49.1. The highest BCUT2D eigenvalue weighted by Crippen LogP contribution is 2.46. The summed E-state index contributed by atoms with van der Waals surface area (Å²) in [7, 11) is 0. The normalized spacial score (nSPS) is 20.0. The summed E-state index contributed by atoms with van der Waals surface area (Å²) >= 11 is 0. The maximum absolute atomic E-state index is 13.9. The van der Waals surface area contributed by atoms with Gasteiger partial charge in [0.2, 0.25) is 5.91 Å². The molecule has 0 aromatic heterocycles. The predicted molar refractivity (Wildman–Crippen MR) is 142 cm³/mol. The number of hydroxylamine groups is 2. The number of carbonyl (C=O) groups excluding carboxylic acids is 3. The highest BCUT2D eigenvalue weighted by molar-refractivity contribution is 6.09. The molecule has 1 fully saturated rings. The van der Waals surface area contributed by atoms with Crippen LogP contribution in [-0.4, -0.2) is 66.0 Å². The number of hydrogen-bond donors (Lipinski definition) is 1. The number of carbonyl (C=O) groups is 3. The lowest BCUT2D eigenvalue weighted by Gasteiger charge is -2.41. The SMILES string of the molecule is CCC1(CC)C(=O)N(CCN)c2cc(C(=O)N(C(C)C)[C@@H]3CCCN(OC(=O)C(C)(C)C)C3)ccc21. The highest BCUT2D eigenvalue weighted by atomic mass is 16.7. The first kappa shape index (κ1) is 28.1. The fraction of sp³-hybridized carbons (Fsp3) is 0.679. The van der Waals surface area contributed by atoms with E-state index in [1.165, 1.54) is 0 Å². The van der Waals surface area contributed by atoms with Crippen molar-refractivity contribution in [2.24, 2.45) is 11.1 Å². The van der Waals surface area contributed by atoms with Gasteiger partial charge in [-0.05, 0) is 78.0 Å². The number of rotatable bonds is 8. The molecule has 0 bridgehead atoms. The van der Waals surface area contributed by atoms with Gasteiger partial charge in [0.15, 0.2) is 0 Å². The molecule has 1 atom stereocenters. The fourth-order valence-electron chi connectivity index (χ4n) is 5.52. The Labute approximate surface area is 216 Å². The molecule has 2 amide bonds. The summed E-state index contributed by atoms with van der Waals surface area (Å²) in [6.45, 7) is 15.5. The van der Waals surface area contributed by atoms with E-state index >= 15 is 0 Å². The average molecular weight is 501 g/mol. The van der Waals surface area contributed by atoms with Crippen LogP contribution in [0.25, 0.3) is 0 Å². The number of benzene rings is 1. The standard InChI is InChI=1S/C28H44N4O4/c1-8-28(9-2)22-13-12-20(17-23(22)31(16-14-29)25(28)34)24(33)32(19(3)4)21-11-10-15-30(18-21)36-26(35)27(5,6)7/h12-13,17,19,21H,8-11,14-16,18,29H2,1-7H3/t21-/m1/s1. The van der Waals surface area contributed by atoms with Crippen LogP contribution in [-0.2, 0) is 19.8 Å². The zero-order valence-corrected chi connectivity index (χ0v) is 23.1. The molecule has 36 heavy (non-hydrogen) atoms. The van der Waals surface area contributed by atoms with Crippen molar-refractivity contribution in [1.29, 1.82) is 0 Å². The van der Waals surface area contributed by atoms with E-state index in [2.05, 4.69) is 0 Å². The van der Waals surface area contributed by atoms with E-state index in [9.17, 15) is 14.4 Å². The number of nitrogens with zero attached hydrogens (tertiary/aromatic N) is 3. The van der Waals surface area contributed by atoms with E-state index in [0.29, 0.717) is 44.6 Å². The molecule has 1 aromatic carbocycles. The lowest BCUT2D eigenvalue weighted by molar-refractivity contribution is -0.208. The molecule has 1 aromatic rings. The van der Waals surface area contributed by atoms with Gasteiger partial charge in [-0.2, -0.15) is 0 Å². The molecule has 0 unspecified atom stereocenters. The van der Waals surface area contributed by atoms with Crippen LogP contribution in [0, 0.1) is 5.41 Å². The Hall–Kier alpha value is -2.45. The van der Waals surface area contributed by atoms with Crippen LogP contribution in [0.3, 0.4) is 0 Å². The number of amides is 2. The van der Waals surface area contributed by atoms with Crippen LogP contribution < -0.4 is 10.6 Å². The lowest BCUT2D eigenvalue weighted by Crippen LogP contribution is -2.53. The number of fused-ring (bicyclic) bond motifs is 1. The minimum absolute atomic E-state index is 0.0406. The molecule has 3 rings (SSSR count). The Kier molecular flexibility index (Phi) is 8.51. The van der Waals surface area contributed by atoms with E-state index in [1.54, 1.807) is 9.96 Å². The first-order valence-corrected chi connectivity index (χ1v) is 13.4. The molecule has 1 saturated heterocycles. The van der Waals surface area contributed by atoms with Crippen molar-refractivity contribution in [3.8, 4) is 0 Å². The van der Waals surface area contributed by atoms with Crippen molar-refractivity contribution in [1.82, 2.24) is 9.96 Å². The van der Waals surface area contributed by atoms with E-state index in [0.717, 1.165) is 24.1 Å². The maximum atomic E-state index is 13.9. The number of hydrogen-bond acceptors (Lipinski definition) is 6. The van der Waals surface area contributed by atoms with Crippen LogP contribution in [0.15, 0.2) is 18.2 Å². The molecule has 8 heteroatoms. The largest absolute Gasteiger partial charge is 0.367 e. The molecule has 8 nitrogen and oxygen atoms in total. The third kappa shape index (κ3) is 5.16. The molecule has 0 radical (unpaired) electrons. The lowest BCUT2D eigenvalue weighted by atomic mass is 9.77. The van der Waals surface area contributed by atoms with E-state index in [-0.39, 0.29) is 29.9 Å². The van der Waals surface area contributed by atoms with Gasteiger partial charge in [0.1, 0.15) is 0 Å². The topological polar surface area (TPSA) is 96.2 Å². The minimum atomic E-state index is -0.593. The summed E-state index contributed by atoms with van der Waals surface area (Å²) in [6.07, 6.45) is 3.07. The van der Waals surface area contributed by atoms with Gasteiger partial charge < -0.3 is 20.4 Å². The highest BCUT2D eigenvalue weighted by Gasteiger charge is 2.48. The number of anilines is 1. The van der Waals surface area contributed by atoms with Gasteiger partial charge in [-0.15, -0.1) is 5.06 Å². The van der Waals surface area contributed by atoms with Crippen LogP contribution in [0.1, 0.15) is 90.1 Å². The third-order valence-electron chi connectivity index (χ3n) is 7.63. The molecule has 0 aliphatic carbocycles. The molecule has 2 aliphatic rings. The van der Waals surface area contributed by atoms with Crippen LogP contribution in [0.2, 0.25) is 0 Å². The third-order valence-corrected chi connectivity index (χ3v) is 7.63. The van der Waals surface area contributed by atoms with Crippen LogP contribution >= 0.6 is 0 Å².